The highest BCUT2D eigenvalue weighted by atomic mass is 35.5. The van der Waals surface area contributed by atoms with Gasteiger partial charge in [-0.15, -0.1) is 0 Å². The van der Waals surface area contributed by atoms with Crippen molar-refractivity contribution >= 4 is 40.6 Å². The van der Waals surface area contributed by atoms with Gasteiger partial charge in [0.15, 0.2) is 5.78 Å². The SMILES string of the molecule is Cc1cc(Cl)cc(C(=O)c2ccc(Cl)cc2Cl)c1. The number of benzene rings is 2. The summed E-state index contributed by atoms with van der Waals surface area (Å²) in [6, 6.07) is 10.00. The molecule has 0 N–H and O–H groups in total. The van der Waals surface area contributed by atoms with Crippen LogP contribution in [-0.4, -0.2) is 5.78 Å². The van der Waals surface area contributed by atoms with Gasteiger partial charge in [0.25, 0.3) is 0 Å². The second kappa shape index (κ2) is 5.31. The van der Waals surface area contributed by atoms with E-state index in [0.29, 0.717) is 26.2 Å². The fourth-order valence-corrected chi connectivity index (χ4v) is 2.48. The summed E-state index contributed by atoms with van der Waals surface area (Å²) in [7, 11) is 0. The monoisotopic (exact) mass is 298 g/mol. The summed E-state index contributed by atoms with van der Waals surface area (Å²) in [6.07, 6.45) is 0. The van der Waals surface area contributed by atoms with E-state index < -0.39 is 0 Å². The summed E-state index contributed by atoms with van der Waals surface area (Å²) in [5.74, 6) is -0.165. The van der Waals surface area contributed by atoms with E-state index in [1.165, 1.54) is 0 Å². The van der Waals surface area contributed by atoms with E-state index in [4.69, 9.17) is 34.8 Å². The molecule has 1 nitrogen and oxygen atoms in total. The van der Waals surface area contributed by atoms with Crippen LogP contribution in [0.3, 0.4) is 0 Å². The predicted octanol–water partition coefficient (Wildman–Crippen LogP) is 5.19. The first-order chi connectivity index (χ1) is 8.47. The molecule has 0 atom stereocenters. The average molecular weight is 300 g/mol. The van der Waals surface area contributed by atoms with Crippen molar-refractivity contribution in [3.8, 4) is 0 Å². The van der Waals surface area contributed by atoms with Gasteiger partial charge in [0, 0.05) is 21.2 Å². The lowest BCUT2D eigenvalue weighted by Gasteiger charge is -2.06. The second-order valence-electron chi connectivity index (χ2n) is 3.97. The van der Waals surface area contributed by atoms with Crippen molar-refractivity contribution in [2.24, 2.45) is 0 Å². The Morgan fingerprint density at radius 1 is 0.944 bits per heavy atom. The molecule has 2 rings (SSSR count). The molecule has 0 saturated heterocycles. The quantitative estimate of drug-likeness (QED) is 0.698. The van der Waals surface area contributed by atoms with Gasteiger partial charge in [-0.3, -0.25) is 4.79 Å². The number of hydrogen-bond acceptors (Lipinski definition) is 1. The van der Waals surface area contributed by atoms with Crippen molar-refractivity contribution in [1.82, 2.24) is 0 Å². The average Bonchev–Trinajstić information content (AvgIpc) is 2.26. The summed E-state index contributed by atoms with van der Waals surface area (Å²) >= 11 is 17.8. The van der Waals surface area contributed by atoms with Crippen molar-refractivity contribution in [2.45, 2.75) is 6.92 Å². The van der Waals surface area contributed by atoms with Gasteiger partial charge in [0.05, 0.1) is 5.02 Å². The number of ketones is 1. The topological polar surface area (TPSA) is 17.1 Å². The molecule has 0 radical (unpaired) electrons. The van der Waals surface area contributed by atoms with Crippen molar-refractivity contribution in [3.05, 3.63) is 68.2 Å². The van der Waals surface area contributed by atoms with Crippen LogP contribution >= 0.6 is 34.8 Å². The Morgan fingerprint density at radius 2 is 1.67 bits per heavy atom. The molecule has 0 aliphatic carbocycles. The van der Waals surface area contributed by atoms with E-state index in [1.807, 2.05) is 6.92 Å². The first-order valence-corrected chi connectivity index (χ1v) is 6.38. The third kappa shape index (κ3) is 2.86. The standard InChI is InChI=1S/C14H9Cl3O/c1-8-4-9(6-11(16)5-8)14(18)12-3-2-10(15)7-13(12)17/h2-7H,1H3. The van der Waals surface area contributed by atoms with E-state index in [2.05, 4.69) is 0 Å². The van der Waals surface area contributed by atoms with E-state index in [-0.39, 0.29) is 5.78 Å². The molecule has 0 aliphatic rings. The van der Waals surface area contributed by atoms with Crippen LogP contribution in [0.4, 0.5) is 0 Å². The number of carbonyl (C=O) groups excluding carboxylic acids is 1. The maximum absolute atomic E-state index is 12.3. The van der Waals surface area contributed by atoms with Crippen LogP contribution < -0.4 is 0 Å². The highest BCUT2D eigenvalue weighted by Crippen LogP contribution is 2.25. The molecule has 0 spiro atoms. The molecule has 0 saturated carbocycles. The number of halogens is 3. The smallest absolute Gasteiger partial charge is 0.194 e. The highest BCUT2D eigenvalue weighted by Gasteiger charge is 2.14. The Balaban J connectivity index is 2.47. The van der Waals surface area contributed by atoms with Gasteiger partial charge in [-0.2, -0.15) is 0 Å². The van der Waals surface area contributed by atoms with Crippen molar-refractivity contribution < 1.29 is 4.79 Å². The van der Waals surface area contributed by atoms with Crippen molar-refractivity contribution in [2.75, 3.05) is 0 Å². The maximum Gasteiger partial charge on any atom is 0.194 e. The van der Waals surface area contributed by atoms with E-state index >= 15 is 0 Å². The summed E-state index contributed by atoms with van der Waals surface area (Å²) in [6.45, 7) is 1.88. The van der Waals surface area contributed by atoms with Crippen molar-refractivity contribution in [3.63, 3.8) is 0 Å². The fourth-order valence-electron chi connectivity index (χ4n) is 1.70. The zero-order valence-corrected chi connectivity index (χ0v) is 11.8. The van der Waals surface area contributed by atoms with Crippen LogP contribution in [0.15, 0.2) is 36.4 Å². The third-order valence-electron chi connectivity index (χ3n) is 2.48. The van der Waals surface area contributed by atoms with Gasteiger partial charge >= 0.3 is 0 Å². The molecule has 4 heteroatoms. The predicted molar refractivity (Wildman–Crippen MR) is 76.1 cm³/mol. The number of carbonyl (C=O) groups is 1. The fraction of sp³-hybridized carbons (Fsp3) is 0.0714. The van der Waals surface area contributed by atoms with Crippen LogP contribution in [0.1, 0.15) is 21.5 Å². The minimum absolute atomic E-state index is 0.165. The normalized spacial score (nSPS) is 10.4. The Labute approximate surface area is 120 Å². The molecule has 0 aromatic heterocycles. The summed E-state index contributed by atoms with van der Waals surface area (Å²) < 4.78 is 0. The Morgan fingerprint density at radius 3 is 2.28 bits per heavy atom. The third-order valence-corrected chi connectivity index (χ3v) is 3.25. The number of aryl methyl sites for hydroxylation is 1. The molecule has 0 bridgehead atoms. The van der Waals surface area contributed by atoms with Gasteiger partial charge < -0.3 is 0 Å². The first kappa shape index (κ1) is 13.4. The Hall–Kier alpha value is -1.02. The molecule has 0 heterocycles. The van der Waals surface area contributed by atoms with E-state index in [1.54, 1.807) is 36.4 Å². The lowest BCUT2D eigenvalue weighted by Crippen LogP contribution is -2.02. The first-order valence-electron chi connectivity index (χ1n) is 5.24. The molecular formula is C14H9Cl3O. The molecule has 2 aromatic rings. The van der Waals surface area contributed by atoms with Crippen LogP contribution in [0, 0.1) is 6.92 Å². The zero-order chi connectivity index (χ0) is 13.3. The molecular weight excluding hydrogens is 291 g/mol. The van der Waals surface area contributed by atoms with Gasteiger partial charge in [0.2, 0.25) is 0 Å². The zero-order valence-electron chi connectivity index (χ0n) is 9.51. The van der Waals surface area contributed by atoms with Gasteiger partial charge in [-0.1, -0.05) is 34.8 Å². The minimum Gasteiger partial charge on any atom is -0.289 e. The van der Waals surface area contributed by atoms with Crippen LogP contribution in [0.25, 0.3) is 0 Å². The lowest BCUT2D eigenvalue weighted by atomic mass is 10.0. The number of hydrogen-bond donors (Lipinski definition) is 0. The summed E-state index contributed by atoms with van der Waals surface area (Å²) in [5.41, 5.74) is 1.86. The van der Waals surface area contributed by atoms with Gasteiger partial charge in [0.1, 0.15) is 0 Å². The molecule has 92 valence electrons. The highest BCUT2D eigenvalue weighted by molar-refractivity contribution is 6.37. The minimum atomic E-state index is -0.165. The Bertz CT molecular complexity index is 600. The van der Waals surface area contributed by atoms with Crippen LogP contribution in [0.2, 0.25) is 15.1 Å². The molecule has 2 aromatic carbocycles. The van der Waals surface area contributed by atoms with E-state index in [9.17, 15) is 4.79 Å². The molecule has 0 amide bonds. The lowest BCUT2D eigenvalue weighted by molar-refractivity contribution is 0.103. The molecule has 18 heavy (non-hydrogen) atoms. The summed E-state index contributed by atoms with van der Waals surface area (Å²) in [5, 5.41) is 1.37. The number of rotatable bonds is 2. The van der Waals surface area contributed by atoms with Gasteiger partial charge in [-0.05, 0) is 48.9 Å². The van der Waals surface area contributed by atoms with E-state index in [0.717, 1.165) is 5.56 Å². The largest absolute Gasteiger partial charge is 0.289 e. The molecule has 0 unspecified atom stereocenters. The maximum atomic E-state index is 12.3. The molecule has 0 aliphatic heterocycles. The van der Waals surface area contributed by atoms with Crippen LogP contribution in [-0.2, 0) is 0 Å². The second-order valence-corrected chi connectivity index (χ2v) is 5.25. The Kier molecular flexibility index (Phi) is 3.96. The molecule has 0 fully saturated rings. The van der Waals surface area contributed by atoms with Crippen LogP contribution in [0.5, 0.6) is 0 Å². The summed E-state index contributed by atoms with van der Waals surface area (Å²) in [4.78, 5) is 12.3. The van der Waals surface area contributed by atoms with Gasteiger partial charge in [-0.25, -0.2) is 0 Å². The van der Waals surface area contributed by atoms with Crippen molar-refractivity contribution in [1.29, 1.82) is 0 Å².